The van der Waals surface area contributed by atoms with Crippen LogP contribution in [0.1, 0.15) is 42.5 Å². The van der Waals surface area contributed by atoms with Gasteiger partial charge in [0, 0.05) is 57.1 Å². The highest BCUT2D eigenvalue weighted by Crippen LogP contribution is 2.29. The average molecular weight is 439 g/mol. The first-order valence-corrected chi connectivity index (χ1v) is 12.1. The van der Waals surface area contributed by atoms with E-state index in [2.05, 4.69) is 52.2 Å². The van der Waals surface area contributed by atoms with Crippen molar-refractivity contribution in [3.05, 3.63) is 53.3 Å². The van der Waals surface area contributed by atoms with Crippen molar-refractivity contribution in [1.82, 2.24) is 19.6 Å². The minimum absolute atomic E-state index is 0.112. The molecular weight excluding hydrogens is 400 g/mol. The summed E-state index contributed by atoms with van der Waals surface area (Å²) in [6.07, 6.45) is 6.89. The highest BCUT2D eigenvalue weighted by atomic mass is 16.5. The van der Waals surface area contributed by atoms with Gasteiger partial charge in [-0.1, -0.05) is 30.3 Å². The molecule has 174 valence electrons. The maximum Gasteiger partial charge on any atom is 0.225 e. The molecule has 1 amide bonds. The molecule has 0 aliphatic carbocycles. The Kier molecular flexibility index (Phi) is 7.63. The lowest BCUT2D eigenvalue weighted by Crippen LogP contribution is -2.49. The minimum Gasteiger partial charge on any atom is -0.381 e. The van der Waals surface area contributed by atoms with Crippen LogP contribution >= 0.6 is 0 Å². The molecule has 32 heavy (non-hydrogen) atoms. The van der Waals surface area contributed by atoms with Crippen LogP contribution in [0.25, 0.3) is 0 Å². The third-order valence-corrected chi connectivity index (χ3v) is 7.61. The van der Waals surface area contributed by atoms with Crippen LogP contribution in [-0.4, -0.2) is 64.9 Å². The molecule has 2 saturated heterocycles. The van der Waals surface area contributed by atoms with Crippen LogP contribution in [0.15, 0.2) is 36.5 Å². The SMILES string of the molecule is Cc1c(CN2CCC(C(Cc3ccccc3)N(C)C(=O)C3CCOCC3)CC2)cnn1C. The van der Waals surface area contributed by atoms with Gasteiger partial charge in [0.2, 0.25) is 5.91 Å². The van der Waals surface area contributed by atoms with Crippen molar-refractivity contribution in [2.45, 2.75) is 51.6 Å². The molecule has 0 N–H and O–H groups in total. The average Bonchev–Trinajstić information content (AvgIpc) is 3.15. The van der Waals surface area contributed by atoms with E-state index in [9.17, 15) is 4.79 Å². The van der Waals surface area contributed by atoms with E-state index >= 15 is 0 Å². The Morgan fingerprint density at radius 2 is 1.84 bits per heavy atom. The van der Waals surface area contributed by atoms with Crippen LogP contribution in [0.4, 0.5) is 0 Å². The van der Waals surface area contributed by atoms with Crippen molar-refractivity contribution in [2.24, 2.45) is 18.9 Å². The molecule has 0 bridgehead atoms. The fraction of sp³-hybridized carbons (Fsp3) is 0.615. The van der Waals surface area contributed by atoms with Crippen LogP contribution in [0.2, 0.25) is 0 Å². The van der Waals surface area contributed by atoms with E-state index in [0.29, 0.717) is 25.0 Å². The number of benzene rings is 1. The van der Waals surface area contributed by atoms with Gasteiger partial charge < -0.3 is 9.64 Å². The van der Waals surface area contributed by atoms with Crippen LogP contribution in [-0.2, 0) is 29.5 Å². The molecule has 3 heterocycles. The third kappa shape index (κ3) is 5.41. The van der Waals surface area contributed by atoms with E-state index < -0.39 is 0 Å². The number of likely N-dealkylation sites (N-methyl/N-ethyl adjacent to an activating group) is 1. The number of carbonyl (C=O) groups is 1. The highest BCUT2D eigenvalue weighted by molar-refractivity contribution is 5.79. The quantitative estimate of drug-likeness (QED) is 0.665. The fourth-order valence-electron chi connectivity index (χ4n) is 5.31. The zero-order chi connectivity index (χ0) is 22.5. The molecule has 2 fully saturated rings. The number of rotatable bonds is 7. The Bertz CT molecular complexity index is 867. The number of aromatic nitrogens is 2. The van der Waals surface area contributed by atoms with Crippen LogP contribution in [0.5, 0.6) is 0 Å². The number of nitrogens with zero attached hydrogens (tertiary/aromatic N) is 4. The lowest BCUT2D eigenvalue weighted by Gasteiger charge is -2.41. The monoisotopic (exact) mass is 438 g/mol. The number of hydrogen-bond acceptors (Lipinski definition) is 4. The second kappa shape index (κ2) is 10.6. The summed E-state index contributed by atoms with van der Waals surface area (Å²) in [5, 5.41) is 4.40. The van der Waals surface area contributed by atoms with E-state index in [-0.39, 0.29) is 12.0 Å². The number of hydrogen-bond donors (Lipinski definition) is 0. The zero-order valence-corrected chi connectivity index (χ0v) is 19.9. The van der Waals surface area contributed by atoms with Crippen molar-refractivity contribution < 1.29 is 9.53 Å². The normalized spacial score (nSPS) is 19.7. The van der Waals surface area contributed by atoms with E-state index in [1.54, 1.807) is 0 Å². The van der Waals surface area contributed by atoms with Gasteiger partial charge in [-0.2, -0.15) is 5.10 Å². The van der Waals surface area contributed by atoms with Gasteiger partial charge in [-0.15, -0.1) is 0 Å². The Hall–Kier alpha value is -2.18. The third-order valence-electron chi connectivity index (χ3n) is 7.61. The fourth-order valence-corrected chi connectivity index (χ4v) is 5.31. The summed E-state index contributed by atoms with van der Waals surface area (Å²) >= 11 is 0. The number of piperidine rings is 1. The second-order valence-corrected chi connectivity index (χ2v) is 9.59. The minimum atomic E-state index is 0.112. The van der Waals surface area contributed by atoms with Crippen LogP contribution in [0, 0.1) is 18.8 Å². The molecule has 2 aromatic rings. The summed E-state index contributed by atoms with van der Waals surface area (Å²) in [4.78, 5) is 18.0. The maximum atomic E-state index is 13.4. The molecule has 1 unspecified atom stereocenters. The Morgan fingerprint density at radius 1 is 1.16 bits per heavy atom. The predicted octanol–water partition coefficient (Wildman–Crippen LogP) is 3.44. The predicted molar refractivity (Wildman–Crippen MR) is 126 cm³/mol. The molecule has 0 radical (unpaired) electrons. The van der Waals surface area contributed by atoms with Gasteiger partial charge in [0.1, 0.15) is 0 Å². The van der Waals surface area contributed by atoms with Crippen molar-refractivity contribution in [1.29, 1.82) is 0 Å². The Morgan fingerprint density at radius 3 is 2.47 bits per heavy atom. The maximum absolute atomic E-state index is 13.4. The molecule has 4 rings (SSSR count). The first kappa shape index (κ1) is 23.0. The molecule has 1 aromatic carbocycles. The van der Waals surface area contributed by atoms with E-state index in [4.69, 9.17) is 4.74 Å². The van der Waals surface area contributed by atoms with E-state index in [1.165, 1.54) is 16.8 Å². The van der Waals surface area contributed by atoms with Gasteiger partial charge in [-0.25, -0.2) is 0 Å². The highest BCUT2D eigenvalue weighted by Gasteiger charge is 2.34. The number of likely N-dealkylation sites (tertiary alicyclic amines) is 1. The molecule has 1 atom stereocenters. The van der Waals surface area contributed by atoms with Gasteiger partial charge >= 0.3 is 0 Å². The molecule has 6 nitrogen and oxygen atoms in total. The number of carbonyl (C=O) groups excluding carboxylic acids is 1. The summed E-state index contributed by atoms with van der Waals surface area (Å²) in [7, 11) is 4.04. The number of ether oxygens (including phenoxy) is 1. The van der Waals surface area contributed by atoms with Gasteiger partial charge in [0.15, 0.2) is 0 Å². The first-order chi connectivity index (χ1) is 15.5. The smallest absolute Gasteiger partial charge is 0.225 e. The topological polar surface area (TPSA) is 50.6 Å². The molecule has 1 aromatic heterocycles. The van der Waals surface area contributed by atoms with Crippen molar-refractivity contribution in [2.75, 3.05) is 33.4 Å². The lowest BCUT2D eigenvalue weighted by molar-refractivity contribution is -0.140. The standard InChI is InChI=1S/C26H38N4O2/c1-20-24(18-27-29(20)3)19-30-13-9-22(10-14-30)25(17-21-7-5-4-6-8-21)28(2)26(31)23-11-15-32-16-12-23/h4-8,18,22-23,25H,9-17,19H2,1-3H3. The molecule has 6 heteroatoms. The Balaban J connectivity index is 1.42. The molecule has 2 aliphatic rings. The van der Waals surface area contributed by atoms with E-state index in [1.807, 2.05) is 25.0 Å². The van der Waals surface area contributed by atoms with Crippen molar-refractivity contribution in [3.8, 4) is 0 Å². The summed E-state index contributed by atoms with van der Waals surface area (Å²) in [5.74, 6) is 0.943. The first-order valence-electron chi connectivity index (χ1n) is 12.1. The molecule has 0 spiro atoms. The molecular formula is C26H38N4O2. The summed E-state index contributed by atoms with van der Waals surface area (Å²) in [5.41, 5.74) is 3.88. The lowest BCUT2D eigenvalue weighted by atomic mass is 9.84. The summed E-state index contributed by atoms with van der Waals surface area (Å²) in [6, 6.07) is 10.9. The van der Waals surface area contributed by atoms with Gasteiger partial charge in [-0.05, 0) is 63.6 Å². The van der Waals surface area contributed by atoms with E-state index in [0.717, 1.165) is 51.7 Å². The molecule has 0 saturated carbocycles. The zero-order valence-electron chi connectivity index (χ0n) is 19.9. The number of aryl methyl sites for hydroxylation is 1. The van der Waals surface area contributed by atoms with Crippen molar-refractivity contribution >= 4 is 5.91 Å². The second-order valence-electron chi connectivity index (χ2n) is 9.59. The summed E-state index contributed by atoms with van der Waals surface area (Å²) < 4.78 is 7.44. The van der Waals surface area contributed by atoms with Crippen LogP contribution in [0.3, 0.4) is 0 Å². The molecule has 2 aliphatic heterocycles. The Labute approximate surface area is 192 Å². The van der Waals surface area contributed by atoms with Gasteiger partial charge in [0.25, 0.3) is 0 Å². The van der Waals surface area contributed by atoms with Crippen LogP contribution < -0.4 is 0 Å². The number of amides is 1. The largest absolute Gasteiger partial charge is 0.381 e. The van der Waals surface area contributed by atoms with Gasteiger partial charge in [-0.3, -0.25) is 14.4 Å². The van der Waals surface area contributed by atoms with Crippen molar-refractivity contribution in [3.63, 3.8) is 0 Å². The van der Waals surface area contributed by atoms with Gasteiger partial charge in [0.05, 0.1) is 6.20 Å². The summed E-state index contributed by atoms with van der Waals surface area (Å²) in [6.45, 7) is 6.67.